The van der Waals surface area contributed by atoms with E-state index in [9.17, 15) is 27.9 Å². The summed E-state index contributed by atoms with van der Waals surface area (Å²) in [4.78, 5) is 23.2. The molecule has 0 aliphatic rings. The Hall–Kier alpha value is -3.27. The normalized spacial score (nSPS) is 11.5. The van der Waals surface area contributed by atoms with Crippen LogP contribution in [0.1, 0.15) is 18.1 Å². The molecule has 0 atom stereocenters. The topological polar surface area (TPSA) is 97.4 Å². The van der Waals surface area contributed by atoms with Crippen molar-refractivity contribution in [1.82, 2.24) is 9.78 Å². The van der Waals surface area contributed by atoms with E-state index < -0.39 is 17.5 Å². The van der Waals surface area contributed by atoms with Gasteiger partial charge in [-0.3, -0.25) is 4.79 Å². The van der Waals surface area contributed by atoms with Crippen LogP contribution in [0.15, 0.2) is 45.6 Å². The number of nitrogens with one attached hydrogen (secondary N) is 1. The zero-order valence-electron chi connectivity index (χ0n) is 14.7. The molecule has 29 heavy (non-hydrogen) atoms. The summed E-state index contributed by atoms with van der Waals surface area (Å²) >= 11 is 6.06. The lowest BCUT2D eigenvalue weighted by molar-refractivity contribution is -0.137. The van der Waals surface area contributed by atoms with Crippen molar-refractivity contribution in [2.45, 2.75) is 19.6 Å². The largest absolute Gasteiger partial charge is 0.508 e. The molecule has 7 nitrogen and oxygen atoms in total. The number of carbonyl (C=O) groups is 1. The van der Waals surface area contributed by atoms with E-state index >= 15 is 0 Å². The lowest BCUT2D eigenvalue weighted by atomic mass is 10.1. The molecule has 0 aliphatic heterocycles. The highest BCUT2D eigenvalue weighted by molar-refractivity contribution is 6.33. The van der Waals surface area contributed by atoms with Gasteiger partial charge in [-0.1, -0.05) is 11.6 Å². The minimum absolute atomic E-state index is 0.132. The van der Waals surface area contributed by atoms with Crippen LogP contribution < -0.4 is 11.1 Å². The number of nitrogens with zero attached hydrogens (tertiary/aromatic N) is 2. The van der Waals surface area contributed by atoms with Gasteiger partial charge in [0, 0.05) is 24.1 Å². The number of benzene rings is 2. The summed E-state index contributed by atoms with van der Waals surface area (Å²) in [7, 11) is 0. The van der Waals surface area contributed by atoms with E-state index in [-0.39, 0.29) is 45.9 Å². The Labute approximate surface area is 166 Å². The van der Waals surface area contributed by atoms with Crippen molar-refractivity contribution < 1.29 is 27.5 Å². The Morgan fingerprint density at radius 1 is 1.28 bits per heavy atom. The standard InChI is InChI=1S/C18H13ClF3N3O4/c1-9(26)23-14-7-15(27)11(6-13(14)19)8-25-17(28)29-16(24-25)10-2-4-12(5-3-10)18(20,21)22/h2-7,27H,8H2,1H3,(H,23,26). The molecular weight excluding hydrogens is 415 g/mol. The molecule has 0 fully saturated rings. The first kappa shape index (κ1) is 20.5. The van der Waals surface area contributed by atoms with Crippen LogP contribution in [-0.4, -0.2) is 20.8 Å². The number of alkyl halides is 3. The lowest BCUT2D eigenvalue weighted by Gasteiger charge is -2.09. The molecule has 0 saturated heterocycles. The maximum Gasteiger partial charge on any atom is 0.437 e. The summed E-state index contributed by atoms with van der Waals surface area (Å²) < 4.78 is 43.8. The van der Waals surface area contributed by atoms with Crippen molar-refractivity contribution >= 4 is 23.2 Å². The summed E-state index contributed by atoms with van der Waals surface area (Å²) in [5, 5.41) is 16.6. The molecule has 2 N–H and O–H groups in total. The van der Waals surface area contributed by atoms with E-state index in [1.165, 1.54) is 19.1 Å². The number of phenols is 1. The second kappa shape index (κ2) is 7.63. The maximum absolute atomic E-state index is 12.7. The maximum atomic E-state index is 12.7. The van der Waals surface area contributed by atoms with Crippen LogP contribution in [0.25, 0.3) is 11.5 Å². The highest BCUT2D eigenvalue weighted by Gasteiger charge is 2.30. The van der Waals surface area contributed by atoms with Crippen molar-refractivity contribution in [1.29, 1.82) is 0 Å². The number of hydrogen-bond donors (Lipinski definition) is 2. The van der Waals surface area contributed by atoms with E-state index in [0.29, 0.717) is 0 Å². The molecule has 3 rings (SSSR count). The smallest absolute Gasteiger partial charge is 0.437 e. The van der Waals surface area contributed by atoms with Crippen LogP contribution in [-0.2, 0) is 17.5 Å². The molecule has 0 spiro atoms. The molecule has 152 valence electrons. The number of phenolic OH excluding ortho intramolecular Hbond substituents is 1. The number of carbonyl (C=O) groups excluding carboxylic acids is 1. The van der Waals surface area contributed by atoms with Gasteiger partial charge >= 0.3 is 11.9 Å². The quantitative estimate of drug-likeness (QED) is 0.658. The molecule has 1 amide bonds. The summed E-state index contributed by atoms with van der Waals surface area (Å²) in [6.07, 6.45) is -4.49. The number of halogens is 4. The Bertz CT molecular complexity index is 1120. The number of hydrogen-bond acceptors (Lipinski definition) is 5. The molecule has 2 aromatic carbocycles. The first-order chi connectivity index (χ1) is 13.5. The number of amides is 1. The van der Waals surface area contributed by atoms with Gasteiger partial charge in [-0.25, -0.2) is 4.79 Å². The van der Waals surface area contributed by atoms with Crippen LogP contribution in [0, 0.1) is 0 Å². The van der Waals surface area contributed by atoms with Gasteiger partial charge in [-0.2, -0.15) is 17.9 Å². The fraction of sp³-hybridized carbons (Fsp3) is 0.167. The van der Waals surface area contributed by atoms with Crippen molar-refractivity contribution in [3.63, 3.8) is 0 Å². The fourth-order valence-electron chi connectivity index (χ4n) is 2.50. The molecule has 0 aliphatic carbocycles. The molecule has 0 radical (unpaired) electrons. The van der Waals surface area contributed by atoms with Gasteiger partial charge in [0.15, 0.2) is 0 Å². The molecule has 3 aromatic rings. The number of aromatic hydroxyl groups is 1. The summed E-state index contributed by atoms with van der Waals surface area (Å²) in [6.45, 7) is 1.06. The van der Waals surface area contributed by atoms with E-state index in [1.54, 1.807) is 0 Å². The number of anilines is 1. The average Bonchev–Trinajstić information content (AvgIpc) is 2.99. The van der Waals surface area contributed by atoms with Crippen molar-refractivity contribution in [2.75, 3.05) is 5.32 Å². The number of rotatable bonds is 4. The van der Waals surface area contributed by atoms with E-state index in [2.05, 4.69) is 10.4 Å². The van der Waals surface area contributed by atoms with E-state index in [4.69, 9.17) is 16.0 Å². The Morgan fingerprint density at radius 3 is 2.52 bits per heavy atom. The third-order valence-corrected chi connectivity index (χ3v) is 4.18. The van der Waals surface area contributed by atoms with Crippen LogP contribution in [0.5, 0.6) is 5.75 Å². The van der Waals surface area contributed by atoms with Gasteiger partial charge in [0.2, 0.25) is 11.8 Å². The summed E-state index contributed by atoms with van der Waals surface area (Å²) in [5.41, 5.74) is -0.254. The van der Waals surface area contributed by atoms with Crippen LogP contribution in [0.3, 0.4) is 0 Å². The fourth-order valence-corrected chi connectivity index (χ4v) is 2.73. The highest BCUT2D eigenvalue weighted by Crippen LogP contribution is 2.32. The minimum atomic E-state index is -4.49. The monoisotopic (exact) mass is 427 g/mol. The molecule has 0 unspecified atom stereocenters. The predicted molar refractivity (Wildman–Crippen MR) is 97.7 cm³/mol. The zero-order chi connectivity index (χ0) is 21.3. The lowest BCUT2D eigenvalue weighted by Crippen LogP contribution is -2.16. The van der Waals surface area contributed by atoms with E-state index in [0.717, 1.165) is 28.9 Å². The van der Waals surface area contributed by atoms with Crippen molar-refractivity contribution in [3.05, 3.63) is 63.1 Å². The highest BCUT2D eigenvalue weighted by atomic mass is 35.5. The van der Waals surface area contributed by atoms with Gasteiger partial charge in [0.1, 0.15) is 5.75 Å². The Balaban J connectivity index is 1.87. The van der Waals surface area contributed by atoms with Crippen LogP contribution >= 0.6 is 11.6 Å². The first-order valence-corrected chi connectivity index (χ1v) is 8.47. The minimum Gasteiger partial charge on any atom is -0.508 e. The molecule has 0 bridgehead atoms. The van der Waals surface area contributed by atoms with Crippen LogP contribution in [0.4, 0.5) is 18.9 Å². The van der Waals surface area contributed by atoms with Gasteiger partial charge < -0.3 is 14.8 Å². The van der Waals surface area contributed by atoms with Gasteiger partial charge in [-0.15, -0.1) is 5.10 Å². The zero-order valence-corrected chi connectivity index (χ0v) is 15.5. The molecule has 1 aromatic heterocycles. The molecular formula is C18H13ClF3N3O4. The number of aromatic nitrogens is 2. The molecule has 11 heteroatoms. The van der Waals surface area contributed by atoms with Gasteiger partial charge in [0.05, 0.1) is 22.8 Å². The Kier molecular flexibility index (Phi) is 5.38. The summed E-state index contributed by atoms with van der Waals surface area (Å²) in [6, 6.07) is 6.54. The Morgan fingerprint density at radius 2 is 1.93 bits per heavy atom. The second-order valence-corrected chi connectivity index (χ2v) is 6.46. The van der Waals surface area contributed by atoms with Gasteiger partial charge in [0.25, 0.3) is 0 Å². The molecule has 1 heterocycles. The van der Waals surface area contributed by atoms with E-state index in [1.807, 2.05) is 0 Å². The SMILES string of the molecule is CC(=O)Nc1cc(O)c(Cn2nc(-c3ccc(C(F)(F)F)cc3)oc2=O)cc1Cl. The van der Waals surface area contributed by atoms with Gasteiger partial charge in [-0.05, 0) is 30.3 Å². The third kappa shape index (κ3) is 4.60. The predicted octanol–water partition coefficient (Wildman–Crippen LogP) is 3.89. The molecule has 0 saturated carbocycles. The first-order valence-electron chi connectivity index (χ1n) is 8.09. The second-order valence-electron chi connectivity index (χ2n) is 6.05. The summed E-state index contributed by atoms with van der Waals surface area (Å²) in [5.74, 6) is -1.68. The van der Waals surface area contributed by atoms with Crippen LogP contribution in [0.2, 0.25) is 5.02 Å². The third-order valence-electron chi connectivity index (χ3n) is 3.86. The average molecular weight is 428 g/mol. The van der Waals surface area contributed by atoms with Crippen molar-refractivity contribution in [2.24, 2.45) is 0 Å². The van der Waals surface area contributed by atoms with Crippen molar-refractivity contribution in [3.8, 4) is 17.2 Å².